The highest BCUT2D eigenvalue weighted by molar-refractivity contribution is 5.55. The van der Waals surface area contributed by atoms with Crippen molar-refractivity contribution in [3.05, 3.63) is 48.9 Å². The first-order chi connectivity index (χ1) is 7.93. The van der Waals surface area contributed by atoms with Gasteiger partial charge in [-0.1, -0.05) is 6.07 Å². The zero-order valence-corrected chi connectivity index (χ0v) is 8.41. The van der Waals surface area contributed by atoms with Crippen LogP contribution in [0.25, 0.3) is 5.65 Å². The van der Waals surface area contributed by atoms with Crippen LogP contribution in [0.4, 0.5) is 11.6 Å². The van der Waals surface area contributed by atoms with Crippen LogP contribution in [0.3, 0.4) is 0 Å². The Bertz CT molecular complexity index is 602. The van der Waals surface area contributed by atoms with E-state index in [9.17, 15) is 0 Å². The van der Waals surface area contributed by atoms with E-state index in [1.54, 1.807) is 12.4 Å². The molecule has 5 nitrogen and oxygen atoms in total. The maximum atomic E-state index is 4.06. The van der Waals surface area contributed by atoms with Crippen LogP contribution >= 0.6 is 0 Å². The van der Waals surface area contributed by atoms with Crippen LogP contribution in [0.2, 0.25) is 0 Å². The topological polar surface area (TPSA) is 55.1 Å². The standard InChI is InChI=1S/C11H9N5/c1-2-7-16-10(5-1)14-15-11(16)13-9-4-3-6-12-8-9/h1-8H,(H,13,15). The second-order valence-electron chi connectivity index (χ2n) is 3.32. The summed E-state index contributed by atoms with van der Waals surface area (Å²) in [5.74, 6) is 0.684. The molecule has 0 aromatic carbocycles. The van der Waals surface area contributed by atoms with Crippen LogP contribution in [0.5, 0.6) is 0 Å². The van der Waals surface area contributed by atoms with Gasteiger partial charge in [0.1, 0.15) is 0 Å². The zero-order valence-electron chi connectivity index (χ0n) is 8.41. The minimum absolute atomic E-state index is 0.684. The summed E-state index contributed by atoms with van der Waals surface area (Å²) in [5.41, 5.74) is 1.70. The lowest BCUT2D eigenvalue weighted by molar-refractivity contribution is 1.10. The van der Waals surface area contributed by atoms with Crippen molar-refractivity contribution in [2.24, 2.45) is 0 Å². The number of hydrogen-bond donors (Lipinski definition) is 1. The Balaban J connectivity index is 2.01. The predicted molar refractivity (Wildman–Crippen MR) is 60.5 cm³/mol. The maximum Gasteiger partial charge on any atom is 0.233 e. The molecule has 3 heterocycles. The van der Waals surface area contributed by atoms with Gasteiger partial charge in [-0.2, -0.15) is 0 Å². The molecule has 3 aromatic rings. The summed E-state index contributed by atoms with van der Waals surface area (Å²) in [6.45, 7) is 0. The Morgan fingerprint density at radius 3 is 2.94 bits per heavy atom. The summed E-state index contributed by atoms with van der Waals surface area (Å²) in [4.78, 5) is 4.03. The quantitative estimate of drug-likeness (QED) is 0.703. The maximum absolute atomic E-state index is 4.06. The molecule has 3 aromatic heterocycles. The molecular formula is C11H9N5. The Morgan fingerprint density at radius 2 is 2.06 bits per heavy atom. The van der Waals surface area contributed by atoms with E-state index in [0.717, 1.165) is 11.3 Å². The van der Waals surface area contributed by atoms with Gasteiger partial charge >= 0.3 is 0 Å². The molecule has 0 amide bonds. The first kappa shape index (κ1) is 8.84. The normalized spacial score (nSPS) is 10.5. The van der Waals surface area contributed by atoms with Gasteiger partial charge in [0.05, 0.1) is 11.9 Å². The minimum Gasteiger partial charge on any atom is -0.323 e. The van der Waals surface area contributed by atoms with Crippen molar-refractivity contribution in [1.29, 1.82) is 0 Å². The fourth-order valence-corrected chi connectivity index (χ4v) is 1.49. The van der Waals surface area contributed by atoms with Gasteiger partial charge in [-0.3, -0.25) is 9.38 Å². The molecule has 0 saturated heterocycles. The van der Waals surface area contributed by atoms with Crippen LogP contribution in [-0.4, -0.2) is 19.6 Å². The first-order valence-corrected chi connectivity index (χ1v) is 4.90. The number of anilines is 2. The second-order valence-corrected chi connectivity index (χ2v) is 3.32. The van der Waals surface area contributed by atoms with Gasteiger partial charge in [0.15, 0.2) is 5.65 Å². The molecule has 16 heavy (non-hydrogen) atoms. The van der Waals surface area contributed by atoms with Crippen LogP contribution in [0.1, 0.15) is 0 Å². The molecule has 5 heteroatoms. The van der Waals surface area contributed by atoms with Gasteiger partial charge in [0.25, 0.3) is 0 Å². The van der Waals surface area contributed by atoms with Gasteiger partial charge in [0.2, 0.25) is 5.95 Å². The van der Waals surface area contributed by atoms with Crippen LogP contribution in [0, 0.1) is 0 Å². The molecule has 3 rings (SSSR count). The number of nitrogens with one attached hydrogen (secondary N) is 1. The summed E-state index contributed by atoms with van der Waals surface area (Å²) in [6, 6.07) is 9.56. The molecule has 1 N–H and O–H groups in total. The van der Waals surface area contributed by atoms with Crippen molar-refractivity contribution in [3.63, 3.8) is 0 Å². The van der Waals surface area contributed by atoms with Crippen LogP contribution < -0.4 is 5.32 Å². The summed E-state index contributed by atoms with van der Waals surface area (Å²) >= 11 is 0. The SMILES string of the molecule is c1cncc(Nc2nnc3ccccn23)c1. The number of rotatable bonds is 2. The molecule has 0 radical (unpaired) electrons. The van der Waals surface area contributed by atoms with Gasteiger partial charge < -0.3 is 5.32 Å². The van der Waals surface area contributed by atoms with E-state index < -0.39 is 0 Å². The highest BCUT2D eigenvalue weighted by Gasteiger charge is 2.03. The highest BCUT2D eigenvalue weighted by Crippen LogP contribution is 2.13. The molecule has 0 fully saturated rings. The molecule has 0 unspecified atom stereocenters. The molecule has 0 bridgehead atoms. The summed E-state index contributed by atoms with van der Waals surface area (Å²) < 4.78 is 1.88. The Labute approximate surface area is 91.8 Å². The van der Waals surface area contributed by atoms with E-state index >= 15 is 0 Å². The van der Waals surface area contributed by atoms with Gasteiger partial charge in [0, 0.05) is 12.4 Å². The monoisotopic (exact) mass is 211 g/mol. The lowest BCUT2D eigenvalue weighted by Gasteiger charge is -2.02. The molecule has 0 spiro atoms. The molecule has 0 atom stereocenters. The van der Waals surface area contributed by atoms with E-state index in [4.69, 9.17) is 0 Å². The number of aromatic nitrogens is 4. The van der Waals surface area contributed by atoms with Crippen LogP contribution in [0.15, 0.2) is 48.9 Å². The van der Waals surface area contributed by atoms with Crippen molar-refractivity contribution >= 4 is 17.3 Å². The Hall–Kier alpha value is -2.43. The number of fused-ring (bicyclic) bond motifs is 1. The molecule has 0 saturated carbocycles. The van der Waals surface area contributed by atoms with E-state index in [0.29, 0.717) is 5.95 Å². The van der Waals surface area contributed by atoms with E-state index in [2.05, 4.69) is 20.5 Å². The highest BCUT2D eigenvalue weighted by atomic mass is 15.3. The van der Waals surface area contributed by atoms with E-state index in [1.165, 1.54) is 0 Å². The molecule has 0 aliphatic carbocycles. The summed E-state index contributed by atoms with van der Waals surface area (Å²) in [5, 5.41) is 11.3. The predicted octanol–water partition coefficient (Wildman–Crippen LogP) is 1.87. The number of hydrogen-bond acceptors (Lipinski definition) is 4. The second kappa shape index (κ2) is 3.62. The molecular weight excluding hydrogens is 202 g/mol. The van der Waals surface area contributed by atoms with Gasteiger partial charge in [-0.05, 0) is 24.3 Å². The Kier molecular flexibility index (Phi) is 2.00. The number of nitrogens with zero attached hydrogens (tertiary/aromatic N) is 4. The summed E-state index contributed by atoms with van der Waals surface area (Å²) in [6.07, 6.45) is 5.38. The van der Waals surface area contributed by atoms with Crippen molar-refractivity contribution in [3.8, 4) is 0 Å². The number of pyridine rings is 2. The average Bonchev–Trinajstić information content (AvgIpc) is 2.74. The van der Waals surface area contributed by atoms with Crippen LogP contribution in [-0.2, 0) is 0 Å². The average molecular weight is 211 g/mol. The summed E-state index contributed by atoms with van der Waals surface area (Å²) in [7, 11) is 0. The fourth-order valence-electron chi connectivity index (χ4n) is 1.49. The molecule has 0 aliphatic heterocycles. The fraction of sp³-hybridized carbons (Fsp3) is 0. The third-order valence-corrected chi connectivity index (χ3v) is 2.23. The minimum atomic E-state index is 0.684. The first-order valence-electron chi connectivity index (χ1n) is 4.90. The van der Waals surface area contributed by atoms with Crippen molar-refractivity contribution in [2.75, 3.05) is 5.32 Å². The van der Waals surface area contributed by atoms with Crippen molar-refractivity contribution in [1.82, 2.24) is 19.6 Å². The lowest BCUT2D eigenvalue weighted by Crippen LogP contribution is -1.96. The van der Waals surface area contributed by atoms with Crippen molar-refractivity contribution < 1.29 is 0 Å². The molecule has 0 aliphatic rings. The van der Waals surface area contributed by atoms with Gasteiger partial charge in [-0.15, -0.1) is 10.2 Å². The lowest BCUT2D eigenvalue weighted by atomic mass is 10.4. The van der Waals surface area contributed by atoms with E-state index in [-0.39, 0.29) is 0 Å². The smallest absolute Gasteiger partial charge is 0.233 e. The van der Waals surface area contributed by atoms with E-state index in [1.807, 2.05) is 40.9 Å². The third-order valence-electron chi connectivity index (χ3n) is 2.23. The van der Waals surface area contributed by atoms with Crippen molar-refractivity contribution in [2.45, 2.75) is 0 Å². The third kappa shape index (κ3) is 1.48. The zero-order chi connectivity index (χ0) is 10.8. The Morgan fingerprint density at radius 1 is 1.06 bits per heavy atom. The molecule has 78 valence electrons. The van der Waals surface area contributed by atoms with Gasteiger partial charge in [-0.25, -0.2) is 0 Å². The largest absolute Gasteiger partial charge is 0.323 e.